The first kappa shape index (κ1) is 12.6. The predicted molar refractivity (Wildman–Crippen MR) is 65.0 cm³/mol. The Morgan fingerprint density at radius 3 is 2.38 bits per heavy atom. The van der Waals surface area contributed by atoms with E-state index in [9.17, 15) is 4.79 Å². The zero-order valence-corrected chi connectivity index (χ0v) is 10.5. The van der Waals surface area contributed by atoms with Crippen molar-refractivity contribution in [1.82, 2.24) is 5.32 Å². The van der Waals surface area contributed by atoms with Gasteiger partial charge in [0, 0.05) is 11.1 Å². The van der Waals surface area contributed by atoms with E-state index in [1.165, 1.54) is 0 Å². The summed E-state index contributed by atoms with van der Waals surface area (Å²) in [6, 6.07) is 5.42. The summed E-state index contributed by atoms with van der Waals surface area (Å²) in [6.45, 7) is 7.80. The van der Waals surface area contributed by atoms with Gasteiger partial charge in [-0.3, -0.25) is 4.79 Å². The number of carbonyl (C=O) groups excluding carboxylic acids is 1. The van der Waals surface area contributed by atoms with Crippen LogP contribution in [0, 0.1) is 6.92 Å². The average molecular weight is 221 g/mol. The molecule has 0 fully saturated rings. The molecule has 0 spiro atoms. The van der Waals surface area contributed by atoms with Gasteiger partial charge in [-0.05, 0) is 51.5 Å². The average Bonchev–Trinajstić information content (AvgIpc) is 2.15. The van der Waals surface area contributed by atoms with Crippen molar-refractivity contribution in [2.24, 2.45) is 0 Å². The molecule has 0 saturated carbocycles. The van der Waals surface area contributed by atoms with Crippen molar-refractivity contribution < 1.29 is 9.53 Å². The van der Waals surface area contributed by atoms with E-state index in [0.29, 0.717) is 5.56 Å². The highest BCUT2D eigenvalue weighted by Gasteiger charge is 2.15. The molecule has 0 atom stereocenters. The van der Waals surface area contributed by atoms with Gasteiger partial charge in [-0.2, -0.15) is 0 Å². The van der Waals surface area contributed by atoms with Gasteiger partial charge in [0.15, 0.2) is 0 Å². The third-order valence-electron chi connectivity index (χ3n) is 2.15. The Labute approximate surface area is 96.8 Å². The molecule has 3 nitrogen and oxygen atoms in total. The van der Waals surface area contributed by atoms with E-state index < -0.39 is 0 Å². The molecule has 1 N–H and O–H groups in total. The van der Waals surface area contributed by atoms with Crippen molar-refractivity contribution in [3.05, 3.63) is 29.3 Å². The molecule has 0 heterocycles. The Kier molecular flexibility index (Phi) is 3.58. The standard InChI is InChI=1S/C13H19NO2/c1-9-8-10(6-7-11(9)16-5)12(15)14-13(2,3)4/h6-8H,1-5H3,(H,14,15). The van der Waals surface area contributed by atoms with Crippen LogP contribution in [-0.4, -0.2) is 18.6 Å². The summed E-state index contributed by atoms with van der Waals surface area (Å²) in [7, 11) is 1.62. The number of methoxy groups -OCH3 is 1. The molecule has 0 aliphatic rings. The maximum atomic E-state index is 11.9. The third-order valence-corrected chi connectivity index (χ3v) is 2.15. The normalized spacial score (nSPS) is 11.1. The smallest absolute Gasteiger partial charge is 0.251 e. The summed E-state index contributed by atoms with van der Waals surface area (Å²) in [4.78, 5) is 11.9. The van der Waals surface area contributed by atoms with Crippen LogP contribution in [0.1, 0.15) is 36.7 Å². The number of nitrogens with one attached hydrogen (secondary N) is 1. The van der Waals surface area contributed by atoms with Crippen LogP contribution < -0.4 is 10.1 Å². The highest BCUT2D eigenvalue weighted by molar-refractivity contribution is 5.95. The van der Waals surface area contributed by atoms with Crippen molar-refractivity contribution in [3.63, 3.8) is 0 Å². The largest absolute Gasteiger partial charge is 0.496 e. The molecule has 1 aromatic rings. The second kappa shape index (κ2) is 4.56. The Bertz CT molecular complexity index is 391. The molecule has 0 aromatic heterocycles. The summed E-state index contributed by atoms with van der Waals surface area (Å²) in [5, 5.41) is 2.92. The molecule has 0 radical (unpaired) electrons. The molecule has 88 valence electrons. The molecule has 16 heavy (non-hydrogen) atoms. The zero-order valence-electron chi connectivity index (χ0n) is 10.5. The highest BCUT2D eigenvalue weighted by atomic mass is 16.5. The zero-order chi connectivity index (χ0) is 12.3. The number of aryl methyl sites for hydroxylation is 1. The molecule has 0 saturated heterocycles. The number of hydrogen-bond acceptors (Lipinski definition) is 2. The fraction of sp³-hybridized carbons (Fsp3) is 0.462. The predicted octanol–water partition coefficient (Wildman–Crippen LogP) is 2.53. The van der Waals surface area contributed by atoms with E-state index >= 15 is 0 Å². The summed E-state index contributed by atoms with van der Waals surface area (Å²) in [6.07, 6.45) is 0. The lowest BCUT2D eigenvalue weighted by atomic mass is 10.1. The topological polar surface area (TPSA) is 38.3 Å². The van der Waals surface area contributed by atoms with Crippen LogP contribution >= 0.6 is 0 Å². The lowest BCUT2D eigenvalue weighted by molar-refractivity contribution is 0.0919. The Morgan fingerprint density at radius 1 is 1.31 bits per heavy atom. The van der Waals surface area contributed by atoms with Crippen LogP contribution in [0.4, 0.5) is 0 Å². The highest BCUT2D eigenvalue weighted by Crippen LogP contribution is 2.18. The van der Waals surface area contributed by atoms with Gasteiger partial charge < -0.3 is 10.1 Å². The minimum absolute atomic E-state index is 0.0572. The quantitative estimate of drug-likeness (QED) is 0.833. The number of ether oxygens (including phenoxy) is 1. The van der Waals surface area contributed by atoms with E-state index in [-0.39, 0.29) is 11.4 Å². The number of hydrogen-bond donors (Lipinski definition) is 1. The molecule has 3 heteroatoms. The second-order valence-corrected chi connectivity index (χ2v) is 4.89. The first-order valence-corrected chi connectivity index (χ1v) is 5.30. The molecular formula is C13H19NO2. The molecule has 0 bridgehead atoms. The van der Waals surface area contributed by atoms with Crippen molar-refractivity contribution in [3.8, 4) is 5.75 Å². The van der Waals surface area contributed by atoms with Crippen LogP contribution in [0.25, 0.3) is 0 Å². The minimum atomic E-state index is -0.217. The van der Waals surface area contributed by atoms with Crippen LogP contribution in [0.5, 0.6) is 5.75 Å². The van der Waals surface area contributed by atoms with E-state index in [1.807, 2.05) is 39.8 Å². The van der Waals surface area contributed by atoms with Crippen LogP contribution in [0.15, 0.2) is 18.2 Å². The van der Waals surface area contributed by atoms with E-state index in [4.69, 9.17) is 4.74 Å². The maximum Gasteiger partial charge on any atom is 0.251 e. The number of carbonyl (C=O) groups is 1. The molecule has 0 aliphatic heterocycles. The molecular weight excluding hydrogens is 202 g/mol. The Morgan fingerprint density at radius 2 is 1.94 bits per heavy atom. The molecule has 1 aromatic carbocycles. The van der Waals surface area contributed by atoms with Gasteiger partial charge in [0.25, 0.3) is 5.91 Å². The van der Waals surface area contributed by atoms with Crippen molar-refractivity contribution >= 4 is 5.91 Å². The maximum absolute atomic E-state index is 11.9. The lowest BCUT2D eigenvalue weighted by Gasteiger charge is -2.20. The monoisotopic (exact) mass is 221 g/mol. The van der Waals surface area contributed by atoms with Crippen molar-refractivity contribution in [1.29, 1.82) is 0 Å². The molecule has 0 aliphatic carbocycles. The van der Waals surface area contributed by atoms with Crippen LogP contribution in [0.2, 0.25) is 0 Å². The van der Waals surface area contributed by atoms with Crippen molar-refractivity contribution in [2.75, 3.05) is 7.11 Å². The SMILES string of the molecule is COc1ccc(C(=O)NC(C)(C)C)cc1C. The van der Waals surface area contributed by atoms with Gasteiger partial charge in [0.2, 0.25) is 0 Å². The first-order chi connectivity index (χ1) is 7.33. The number of rotatable bonds is 2. The lowest BCUT2D eigenvalue weighted by Crippen LogP contribution is -2.40. The minimum Gasteiger partial charge on any atom is -0.496 e. The fourth-order valence-corrected chi connectivity index (χ4v) is 1.43. The Hall–Kier alpha value is -1.51. The summed E-state index contributed by atoms with van der Waals surface area (Å²) < 4.78 is 5.15. The number of amides is 1. The van der Waals surface area contributed by atoms with Crippen LogP contribution in [-0.2, 0) is 0 Å². The summed E-state index contributed by atoms with van der Waals surface area (Å²) in [5.74, 6) is 0.741. The Balaban J connectivity index is 2.89. The van der Waals surface area contributed by atoms with E-state index in [0.717, 1.165) is 11.3 Å². The van der Waals surface area contributed by atoms with Gasteiger partial charge in [0.1, 0.15) is 5.75 Å². The van der Waals surface area contributed by atoms with Gasteiger partial charge in [-0.25, -0.2) is 0 Å². The summed E-state index contributed by atoms with van der Waals surface area (Å²) in [5.41, 5.74) is 1.41. The van der Waals surface area contributed by atoms with Gasteiger partial charge in [-0.1, -0.05) is 0 Å². The van der Waals surface area contributed by atoms with Gasteiger partial charge in [0.05, 0.1) is 7.11 Å². The first-order valence-electron chi connectivity index (χ1n) is 5.30. The van der Waals surface area contributed by atoms with Crippen LogP contribution in [0.3, 0.4) is 0 Å². The van der Waals surface area contributed by atoms with Crippen molar-refractivity contribution in [2.45, 2.75) is 33.2 Å². The van der Waals surface area contributed by atoms with E-state index in [1.54, 1.807) is 13.2 Å². The third kappa shape index (κ3) is 3.26. The fourth-order valence-electron chi connectivity index (χ4n) is 1.43. The molecule has 0 unspecified atom stereocenters. The molecule has 1 amide bonds. The molecule has 1 rings (SSSR count). The summed E-state index contributed by atoms with van der Waals surface area (Å²) >= 11 is 0. The van der Waals surface area contributed by atoms with E-state index in [2.05, 4.69) is 5.32 Å². The number of benzene rings is 1. The van der Waals surface area contributed by atoms with Gasteiger partial charge >= 0.3 is 0 Å². The van der Waals surface area contributed by atoms with Gasteiger partial charge in [-0.15, -0.1) is 0 Å². The second-order valence-electron chi connectivity index (χ2n) is 4.89.